The first kappa shape index (κ1) is 12.9. The Bertz CT molecular complexity index is 403. The molecule has 0 heterocycles. The number of hydrogen-bond acceptors (Lipinski definition) is 4. The maximum absolute atomic E-state index is 11.6. The number of carbonyl (C=O) groups excluding carboxylic acids is 1. The van der Waals surface area contributed by atoms with E-state index in [9.17, 15) is 9.90 Å². The van der Waals surface area contributed by atoms with Crippen LogP contribution in [-0.2, 0) is 11.3 Å². The molecule has 1 amide bonds. The summed E-state index contributed by atoms with van der Waals surface area (Å²) in [6.45, 7) is -0.170. The molecular weight excluding hydrogens is 234 g/mol. The Hall–Kier alpha value is -1.59. The first-order chi connectivity index (χ1) is 8.66. The van der Waals surface area contributed by atoms with E-state index in [0.29, 0.717) is 12.8 Å². The fourth-order valence-corrected chi connectivity index (χ4v) is 1.81. The lowest BCUT2D eigenvalue weighted by Crippen LogP contribution is -2.47. The molecule has 18 heavy (non-hydrogen) atoms. The molecule has 1 aliphatic rings. The van der Waals surface area contributed by atoms with Crippen LogP contribution in [0.25, 0.3) is 0 Å². The van der Waals surface area contributed by atoms with Crippen LogP contribution in [0.5, 0.6) is 0 Å². The van der Waals surface area contributed by atoms with Crippen molar-refractivity contribution in [2.75, 3.05) is 6.61 Å². The molecule has 1 aromatic carbocycles. The topological polar surface area (TPSA) is 78.8 Å². The molecule has 1 atom stereocenters. The van der Waals surface area contributed by atoms with Crippen LogP contribution in [0.1, 0.15) is 18.4 Å². The summed E-state index contributed by atoms with van der Waals surface area (Å²) in [5.74, 6) is 0. The molecule has 0 aliphatic heterocycles. The van der Waals surface area contributed by atoms with Gasteiger partial charge < -0.3 is 20.3 Å². The molecule has 5 nitrogen and oxygen atoms in total. The number of hydrogen-bond donors (Lipinski definition) is 3. The van der Waals surface area contributed by atoms with Crippen molar-refractivity contribution in [3.8, 4) is 0 Å². The Morgan fingerprint density at radius 1 is 1.39 bits per heavy atom. The van der Waals surface area contributed by atoms with Crippen molar-refractivity contribution in [2.45, 2.75) is 31.1 Å². The highest BCUT2D eigenvalue weighted by Crippen LogP contribution is 2.38. The zero-order chi connectivity index (χ0) is 13.0. The predicted molar refractivity (Wildman–Crippen MR) is 64.8 cm³/mol. The highest BCUT2D eigenvalue weighted by Gasteiger charge is 2.50. The molecule has 3 N–H and O–H groups in total. The molecule has 0 spiro atoms. The monoisotopic (exact) mass is 251 g/mol. The van der Waals surface area contributed by atoms with Gasteiger partial charge in [0, 0.05) is 0 Å². The van der Waals surface area contributed by atoms with Gasteiger partial charge in [-0.15, -0.1) is 0 Å². The summed E-state index contributed by atoms with van der Waals surface area (Å²) in [5.41, 5.74) is 0.211. The number of benzene rings is 1. The summed E-state index contributed by atoms with van der Waals surface area (Å²) in [6, 6.07) is 9.36. The first-order valence-electron chi connectivity index (χ1n) is 5.94. The van der Waals surface area contributed by atoms with E-state index in [-0.39, 0.29) is 13.2 Å². The van der Waals surface area contributed by atoms with E-state index >= 15 is 0 Å². The number of alkyl carbamates (subject to hydrolysis) is 1. The summed E-state index contributed by atoms with van der Waals surface area (Å²) in [4.78, 5) is 11.6. The smallest absolute Gasteiger partial charge is 0.407 e. The van der Waals surface area contributed by atoms with Crippen LogP contribution in [-0.4, -0.2) is 34.6 Å². The third kappa shape index (κ3) is 3.00. The fourth-order valence-electron chi connectivity index (χ4n) is 1.81. The van der Waals surface area contributed by atoms with Crippen molar-refractivity contribution >= 4 is 6.09 Å². The SMILES string of the molecule is O=C(NC1(C(O)CO)CC1)OCc1ccccc1. The highest BCUT2D eigenvalue weighted by atomic mass is 16.5. The molecule has 1 aromatic rings. The molecule has 5 heteroatoms. The molecule has 0 bridgehead atoms. The Labute approximate surface area is 105 Å². The maximum Gasteiger partial charge on any atom is 0.407 e. The number of amides is 1. The van der Waals surface area contributed by atoms with Crippen LogP contribution < -0.4 is 5.32 Å². The minimum atomic E-state index is -0.929. The maximum atomic E-state index is 11.6. The van der Waals surface area contributed by atoms with Crippen LogP contribution in [0.2, 0.25) is 0 Å². The fraction of sp³-hybridized carbons (Fsp3) is 0.462. The summed E-state index contributed by atoms with van der Waals surface area (Å²) in [6.07, 6.45) is -0.171. The number of nitrogens with one attached hydrogen (secondary N) is 1. The van der Waals surface area contributed by atoms with Gasteiger partial charge in [0.2, 0.25) is 0 Å². The largest absolute Gasteiger partial charge is 0.445 e. The standard InChI is InChI=1S/C13H17NO4/c15-8-11(16)13(6-7-13)14-12(17)18-9-10-4-2-1-3-5-10/h1-5,11,15-16H,6-9H2,(H,14,17). The summed E-state index contributed by atoms with van der Waals surface area (Å²) in [7, 11) is 0. The van der Waals surface area contributed by atoms with Gasteiger partial charge in [0.1, 0.15) is 12.7 Å². The van der Waals surface area contributed by atoms with E-state index < -0.39 is 17.7 Å². The van der Waals surface area contributed by atoms with E-state index in [0.717, 1.165) is 5.56 Å². The Morgan fingerprint density at radius 3 is 2.61 bits per heavy atom. The molecule has 0 aromatic heterocycles. The van der Waals surface area contributed by atoms with Gasteiger partial charge in [-0.1, -0.05) is 30.3 Å². The van der Waals surface area contributed by atoms with E-state index in [1.54, 1.807) is 0 Å². The lowest BCUT2D eigenvalue weighted by molar-refractivity contribution is 0.0489. The first-order valence-corrected chi connectivity index (χ1v) is 5.94. The third-order valence-corrected chi connectivity index (χ3v) is 3.16. The number of aliphatic hydroxyl groups is 2. The molecule has 0 radical (unpaired) electrons. The molecule has 1 saturated carbocycles. The summed E-state index contributed by atoms with van der Waals surface area (Å²) in [5, 5.41) is 21.1. The zero-order valence-corrected chi connectivity index (χ0v) is 10.0. The van der Waals surface area contributed by atoms with Gasteiger partial charge in [-0.2, -0.15) is 0 Å². The van der Waals surface area contributed by atoms with Gasteiger partial charge in [-0.3, -0.25) is 0 Å². The zero-order valence-electron chi connectivity index (χ0n) is 10.0. The molecule has 98 valence electrons. The van der Waals surface area contributed by atoms with Crippen LogP contribution >= 0.6 is 0 Å². The Morgan fingerprint density at radius 2 is 2.06 bits per heavy atom. The van der Waals surface area contributed by atoms with Crippen LogP contribution in [0, 0.1) is 0 Å². The summed E-state index contributed by atoms with van der Waals surface area (Å²) >= 11 is 0. The quantitative estimate of drug-likeness (QED) is 0.723. The highest BCUT2D eigenvalue weighted by molar-refractivity contribution is 5.69. The molecule has 0 saturated heterocycles. The van der Waals surface area contributed by atoms with Crippen LogP contribution in [0.3, 0.4) is 0 Å². The number of ether oxygens (including phenoxy) is 1. The van der Waals surface area contributed by atoms with Gasteiger partial charge in [0.05, 0.1) is 12.1 Å². The second-order valence-electron chi connectivity index (χ2n) is 4.54. The van der Waals surface area contributed by atoms with Gasteiger partial charge >= 0.3 is 6.09 Å². The molecule has 2 rings (SSSR count). The second-order valence-corrected chi connectivity index (χ2v) is 4.54. The predicted octanol–water partition coefficient (Wildman–Crippen LogP) is 0.799. The number of rotatable bonds is 5. The van der Waals surface area contributed by atoms with Crippen molar-refractivity contribution in [3.05, 3.63) is 35.9 Å². The number of carbonyl (C=O) groups is 1. The Balaban J connectivity index is 1.79. The minimum absolute atomic E-state index is 0.192. The van der Waals surface area contributed by atoms with Gasteiger partial charge in [-0.05, 0) is 18.4 Å². The van der Waals surface area contributed by atoms with Gasteiger partial charge in [0.25, 0.3) is 0 Å². The average Bonchev–Trinajstić information content (AvgIpc) is 3.17. The van der Waals surface area contributed by atoms with E-state index in [4.69, 9.17) is 9.84 Å². The van der Waals surface area contributed by atoms with Crippen molar-refractivity contribution in [1.29, 1.82) is 0 Å². The van der Waals surface area contributed by atoms with E-state index in [2.05, 4.69) is 5.32 Å². The minimum Gasteiger partial charge on any atom is -0.445 e. The van der Waals surface area contributed by atoms with Crippen LogP contribution in [0.4, 0.5) is 4.79 Å². The lowest BCUT2D eigenvalue weighted by atomic mass is 10.1. The number of aliphatic hydroxyl groups excluding tert-OH is 2. The Kier molecular flexibility index (Phi) is 3.84. The second kappa shape index (κ2) is 5.37. The average molecular weight is 251 g/mol. The summed E-state index contributed by atoms with van der Waals surface area (Å²) < 4.78 is 5.06. The molecular formula is C13H17NO4. The lowest BCUT2D eigenvalue weighted by Gasteiger charge is -2.21. The third-order valence-electron chi connectivity index (χ3n) is 3.16. The molecule has 1 aliphatic carbocycles. The van der Waals surface area contributed by atoms with Crippen LogP contribution in [0.15, 0.2) is 30.3 Å². The van der Waals surface area contributed by atoms with E-state index in [1.165, 1.54) is 0 Å². The van der Waals surface area contributed by atoms with Crippen molar-refractivity contribution < 1.29 is 19.7 Å². The van der Waals surface area contributed by atoms with Gasteiger partial charge in [-0.25, -0.2) is 4.79 Å². The van der Waals surface area contributed by atoms with Crippen molar-refractivity contribution in [3.63, 3.8) is 0 Å². The van der Waals surface area contributed by atoms with Crippen molar-refractivity contribution in [1.82, 2.24) is 5.32 Å². The van der Waals surface area contributed by atoms with E-state index in [1.807, 2.05) is 30.3 Å². The normalized spacial score (nSPS) is 17.9. The van der Waals surface area contributed by atoms with Crippen molar-refractivity contribution in [2.24, 2.45) is 0 Å². The molecule has 1 unspecified atom stereocenters. The van der Waals surface area contributed by atoms with Gasteiger partial charge in [0.15, 0.2) is 0 Å². The molecule has 1 fully saturated rings.